The third-order valence-corrected chi connectivity index (χ3v) is 12.1. The van der Waals surface area contributed by atoms with E-state index in [4.69, 9.17) is 0 Å². The van der Waals surface area contributed by atoms with Crippen LogP contribution in [-0.2, 0) is 4.79 Å². The Morgan fingerprint density at radius 3 is 1.04 bits per heavy atom. The Kier molecular flexibility index (Phi) is 46.0. The molecular weight excluding hydrogens is 691 g/mol. The summed E-state index contributed by atoms with van der Waals surface area (Å²) in [5, 5.41) is 33.5. The molecule has 3 atom stereocenters. The van der Waals surface area contributed by atoms with E-state index in [1.54, 1.807) is 0 Å². The van der Waals surface area contributed by atoms with Crippen LogP contribution < -0.4 is 5.32 Å². The number of carbonyl (C=O) groups is 1. The lowest BCUT2D eigenvalue weighted by molar-refractivity contribution is -0.125. The monoisotopic (exact) mass is 792 g/mol. The third-order valence-electron chi connectivity index (χ3n) is 12.1. The number of rotatable bonds is 47. The summed E-state index contributed by atoms with van der Waals surface area (Å²) in [7, 11) is 0. The van der Waals surface area contributed by atoms with Crippen molar-refractivity contribution in [3.63, 3.8) is 0 Å². The normalized spacial score (nSPS) is 13.4. The SMILES string of the molecule is CCCCCCCCCCCCC/C=C\CCCCCCCC(O)CC(=O)NC(CO)C(O)CCCCCCCCCCCCCCCCCCCCCCC. The van der Waals surface area contributed by atoms with Crippen molar-refractivity contribution in [1.29, 1.82) is 0 Å². The lowest BCUT2D eigenvalue weighted by atomic mass is 10.0. The molecule has 0 aliphatic carbocycles. The highest BCUT2D eigenvalue weighted by atomic mass is 16.3. The Morgan fingerprint density at radius 1 is 0.429 bits per heavy atom. The number of allylic oxidation sites excluding steroid dienone is 2. The molecule has 5 heteroatoms. The van der Waals surface area contributed by atoms with Crippen molar-refractivity contribution in [3.05, 3.63) is 12.2 Å². The summed E-state index contributed by atoms with van der Waals surface area (Å²) in [6.45, 7) is 4.29. The van der Waals surface area contributed by atoms with Gasteiger partial charge in [-0.05, 0) is 38.5 Å². The number of amides is 1. The third kappa shape index (κ3) is 42.7. The van der Waals surface area contributed by atoms with Gasteiger partial charge >= 0.3 is 0 Å². The molecule has 5 nitrogen and oxygen atoms in total. The molecule has 0 heterocycles. The van der Waals surface area contributed by atoms with E-state index in [0.29, 0.717) is 12.8 Å². The molecule has 0 radical (unpaired) electrons. The Balaban J connectivity index is 3.56. The van der Waals surface area contributed by atoms with E-state index in [1.165, 1.54) is 218 Å². The Labute approximate surface area is 350 Å². The van der Waals surface area contributed by atoms with Crippen LogP contribution in [0.1, 0.15) is 284 Å². The van der Waals surface area contributed by atoms with E-state index < -0.39 is 18.2 Å². The second-order valence-corrected chi connectivity index (χ2v) is 17.8. The minimum absolute atomic E-state index is 0.0342. The number of carbonyl (C=O) groups excluding carboxylic acids is 1. The van der Waals surface area contributed by atoms with E-state index in [2.05, 4.69) is 31.3 Å². The van der Waals surface area contributed by atoms with Crippen molar-refractivity contribution in [2.75, 3.05) is 6.61 Å². The molecule has 0 bridgehead atoms. The fourth-order valence-electron chi connectivity index (χ4n) is 8.17. The van der Waals surface area contributed by atoms with Gasteiger partial charge in [-0.1, -0.05) is 251 Å². The van der Waals surface area contributed by atoms with E-state index in [9.17, 15) is 20.1 Å². The predicted octanol–water partition coefficient (Wildman–Crippen LogP) is 15.2. The summed E-state index contributed by atoms with van der Waals surface area (Å²) in [5.41, 5.74) is 0. The quantitative estimate of drug-likeness (QED) is 0.0365. The van der Waals surface area contributed by atoms with Gasteiger partial charge in [0.05, 0.1) is 31.3 Å². The van der Waals surface area contributed by atoms with Crippen molar-refractivity contribution >= 4 is 5.91 Å². The average Bonchev–Trinajstić information content (AvgIpc) is 3.19. The van der Waals surface area contributed by atoms with Gasteiger partial charge in [-0.3, -0.25) is 4.79 Å². The van der Waals surface area contributed by atoms with Crippen molar-refractivity contribution in [3.8, 4) is 0 Å². The molecule has 3 unspecified atom stereocenters. The van der Waals surface area contributed by atoms with Gasteiger partial charge < -0.3 is 20.6 Å². The zero-order valence-electron chi connectivity index (χ0n) is 38.0. The van der Waals surface area contributed by atoms with Crippen molar-refractivity contribution < 1.29 is 20.1 Å². The summed E-state index contributed by atoms with van der Waals surface area (Å²) < 4.78 is 0. The number of hydrogen-bond acceptors (Lipinski definition) is 4. The van der Waals surface area contributed by atoms with E-state index >= 15 is 0 Å². The lowest BCUT2D eigenvalue weighted by Crippen LogP contribution is -2.46. The Bertz CT molecular complexity index is 788. The summed E-state index contributed by atoms with van der Waals surface area (Å²) in [6.07, 6.45) is 56.3. The van der Waals surface area contributed by atoms with Gasteiger partial charge in [0.1, 0.15) is 0 Å². The molecule has 334 valence electrons. The molecule has 0 aromatic rings. The fraction of sp³-hybridized carbons (Fsp3) is 0.941. The molecule has 0 rings (SSSR count). The number of aliphatic hydroxyl groups is 3. The molecule has 0 aromatic carbocycles. The molecular formula is C51H101NO4. The van der Waals surface area contributed by atoms with Gasteiger partial charge in [-0.2, -0.15) is 0 Å². The zero-order chi connectivity index (χ0) is 40.8. The average molecular weight is 792 g/mol. The van der Waals surface area contributed by atoms with Gasteiger partial charge in [0.15, 0.2) is 0 Å². The first-order chi connectivity index (χ1) is 27.5. The number of aliphatic hydroxyl groups excluding tert-OH is 3. The van der Waals surface area contributed by atoms with Crippen LogP contribution in [0.2, 0.25) is 0 Å². The maximum Gasteiger partial charge on any atom is 0.222 e. The minimum atomic E-state index is -0.749. The molecule has 0 saturated carbocycles. The highest BCUT2D eigenvalue weighted by molar-refractivity contribution is 5.76. The number of nitrogens with one attached hydrogen (secondary N) is 1. The summed E-state index contributed by atoms with van der Waals surface area (Å²) in [4.78, 5) is 12.5. The minimum Gasteiger partial charge on any atom is -0.394 e. The molecule has 0 aliphatic heterocycles. The number of hydrogen-bond donors (Lipinski definition) is 4. The largest absolute Gasteiger partial charge is 0.394 e. The molecule has 56 heavy (non-hydrogen) atoms. The Morgan fingerprint density at radius 2 is 0.714 bits per heavy atom. The molecule has 0 saturated heterocycles. The van der Waals surface area contributed by atoms with Gasteiger partial charge in [0.25, 0.3) is 0 Å². The van der Waals surface area contributed by atoms with Crippen LogP contribution in [-0.4, -0.2) is 46.1 Å². The summed E-state index contributed by atoms with van der Waals surface area (Å²) in [6, 6.07) is -0.659. The van der Waals surface area contributed by atoms with Crippen molar-refractivity contribution in [1.82, 2.24) is 5.32 Å². The first-order valence-corrected chi connectivity index (χ1v) is 25.5. The van der Waals surface area contributed by atoms with Gasteiger partial charge in [-0.25, -0.2) is 0 Å². The highest BCUT2D eigenvalue weighted by Gasteiger charge is 2.21. The predicted molar refractivity (Wildman–Crippen MR) is 245 cm³/mol. The highest BCUT2D eigenvalue weighted by Crippen LogP contribution is 2.17. The second kappa shape index (κ2) is 46.8. The van der Waals surface area contributed by atoms with Crippen LogP contribution in [0.4, 0.5) is 0 Å². The van der Waals surface area contributed by atoms with E-state index in [1.807, 2.05) is 0 Å². The van der Waals surface area contributed by atoms with Crippen LogP contribution in [0.25, 0.3) is 0 Å². The summed E-state index contributed by atoms with van der Waals surface area (Å²) in [5.74, 6) is -0.283. The first kappa shape index (κ1) is 55.1. The maximum absolute atomic E-state index is 12.5. The second-order valence-electron chi connectivity index (χ2n) is 17.8. The van der Waals surface area contributed by atoms with Crippen LogP contribution in [0, 0.1) is 0 Å². The van der Waals surface area contributed by atoms with E-state index in [0.717, 1.165) is 32.1 Å². The molecule has 0 aromatic heterocycles. The van der Waals surface area contributed by atoms with Crippen LogP contribution >= 0.6 is 0 Å². The fourth-order valence-corrected chi connectivity index (χ4v) is 8.17. The molecule has 0 fully saturated rings. The van der Waals surface area contributed by atoms with Crippen LogP contribution in [0.5, 0.6) is 0 Å². The van der Waals surface area contributed by atoms with Crippen molar-refractivity contribution in [2.24, 2.45) is 0 Å². The lowest BCUT2D eigenvalue weighted by Gasteiger charge is -2.23. The first-order valence-electron chi connectivity index (χ1n) is 25.5. The zero-order valence-corrected chi connectivity index (χ0v) is 38.0. The smallest absolute Gasteiger partial charge is 0.222 e. The molecule has 0 spiro atoms. The summed E-state index contributed by atoms with van der Waals surface area (Å²) >= 11 is 0. The van der Waals surface area contributed by atoms with E-state index in [-0.39, 0.29) is 18.9 Å². The topological polar surface area (TPSA) is 89.8 Å². The molecule has 4 N–H and O–H groups in total. The van der Waals surface area contributed by atoms with Gasteiger partial charge in [0.2, 0.25) is 5.91 Å². The Hall–Kier alpha value is -0.910. The molecule has 0 aliphatic rings. The maximum atomic E-state index is 12.5. The van der Waals surface area contributed by atoms with Gasteiger partial charge in [0, 0.05) is 0 Å². The standard InChI is InChI=1S/C51H101NO4/c1-3-5-7-9-11-13-15-17-19-21-23-25-27-29-31-33-35-37-39-41-43-45-50(55)49(47-53)52-51(56)46-48(54)44-42-40-38-36-34-32-30-28-26-24-22-20-18-16-14-12-10-8-6-4-2/h28,30,48-50,53-55H,3-27,29,31-47H2,1-2H3,(H,52,56)/b30-28-. The number of unbranched alkanes of at least 4 members (excludes halogenated alkanes) is 36. The van der Waals surface area contributed by atoms with Crippen molar-refractivity contribution in [2.45, 2.75) is 302 Å². The van der Waals surface area contributed by atoms with Gasteiger partial charge in [-0.15, -0.1) is 0 Å². The van der Waals surface area contributed by atoms with Crippen LogP contribution in [0.15, 0.2) is 12.2 Å². The molecule has 1 amide bonds. The van der Waals surface area contributed by atoms with Crippen LogP contribution in [0.3, 0.4) is 0 Å².